The van der Waals surface area contributed by atoms with Gasteiger partial charge in [0.1, 0.15) is 11.1 Å². The van der Waals surface area contributed by atoms with Crippen LogP contribution in [0.3, 0.4) is 0 Å². The van der Waals surface area contributed by atoms with E-state index in [-0.39, 0.29) is 41.4 Å². The molecule has 51 heavy (non-hydrogen) atoms. The number of aliphatic carboxylic acids is 1. The number of carboxylic acids is 1. The monoisotopic (exact) mass is 710 g/mol. The number of esters is 1. The van der Waals surface area contributed by atoms with Crippen molar-refractivity contribution in [3.8, 4) is 0 Å². The van der Waals surface area contributed by atoms with Crippen LogP contribution in [0.15, 0.2) is 45.6 Å². The Morgan fingerprint density at radius 2 is 1.06 bits per heavy atom. The largest absolute Gasteiger partial charge is 0.480 e. The minimum absolute atomic E-state index is 0.109. The number of carbonyl (C=O) groups is 6. The molecule has 4 heterocycles. The van der Waals surface area contributed by atoms with Gasteiger partial charge in [0.2, 0.25) is 11.8 Å². The number of likely N-dealkylation sites (tertiary alicyclic amines) is 2. The fourth-order valence-corrected chi connectivity index (χ4v) is 7.76. The molecule has 2 aliphatic heterocycles. The molecule has 4 amide bonds. The summed E-state index contributed by atoms with van der Waals surface area (Å²) in [6.45, 7) is 1.95. The molecule has 0 spiro atoms. The first-order valence-corrected chi connectivity index (χ1v) is 18.2. The van der Waals surface area contributed by atoms with Crippen LogP contribution in [-0.4, -0.2) is 94.8 Å². The summed E-state index contributed by atoms with van der Waals surface area (Å²) >= 11 is 0. The highest BCUT2D eigenvalue weighted by molar-refractivity contribution is 5.93. The molecule has 3 N–H and O–H groups in total. The zero-order chi connectivity index (χ0) is 36.4. The summed E-state index contributed by atoms with van der Waals surface area (Å²) in [5.41, 5.74) is -2.00. The fourth-order valence-electron chi connectivity index (χ4n) is 7.76. The number of nitrogens with zero attached hydrogens (tertiary/aromatic N) is 2. The Labute approximate surface area is 297 Å². The number of carbonyl (C=O) groups excluding carboxylic acids is 5. The minimum atomic E-state index is -1.11. The van der Waals surface area contributed by atoms with Crippen molar-refractivity contribution < 1.29 is 47.4 Å². The molecule has 0 radical (unpaired) electrons. The summed E-state index contributed by atoms with van der Waals surface area (Å²) in [6.07, 6.45) is 12.9. The third-order valence-corrected chi connectivity index (χ3v) is 10.9. The fraction of sp³-hybridized carbons (Fsp3) is 0.622. The molecule has 2 aromatic rings. The molecule has 0 atom stereocenters. The number of ether oxygens (including phenoxy) is 1. The number of hydrogen-bond donors (Lipinski definition) is 3. The predicted octanol–water partition coefficient (Wildman–Crippen LogP) is 4.16. The predicted molar refractivity (Wildman–Crippen MR) is 182 cm³/mol. The van der Waals surface area contributed by atoms with Gasteiger partial charge < -0.3 is 39.1 Å². The highest BCUT2D eigenvalue weighted by atomic mass is 16.5. The van der Waals surface area contributed by atoms with E-state index in [1.54, 1.807) is 34.1 Å². The molecule has 278 valence electrons. The Bertz CT molecular complexity index is 1490. The van der Waals surface area contributed by atoms with E-state index in [9.17, 15) is 33.9 Å². The van der Waals surface area contributed by atoms with Gasteiger partial charge in [-0.3, -0.25) is 19.2 Å². The van der Waals surface area contributed by atoms with Crippen molar-refractivity contribution >= 4 is 35.6 Å². The minimum Gasteiger partial charge on any atom is -0.480 e. The number of nitrogens with one attached hydrogen (secondary N) is 2. The van der Waals surface area contributed by atoms with Gasteiger partial charge in [0.05, 0.1) is 19.6 Å². The van der Waals surface area contributed by atoms with Gasteiger partial charge in [0.15, 0.2) is 11.5 Å². The van der Waals surface area contributed by atoms with E-state index >= 15 is 0 Å². The first kappa shape index (κ1) is 37.6. The van der Waals surface area contributed by atoms with Crippen molar-refractivity contribution in [2.24, 2.45) is 11.8 Å². The number of methoxy groups -OCH3 is 1. The van der Waals surface area contributed by atoms with Crippen LogP contribution in [0.1, 0.15) is 111 Å². The lowest BCUT2D eigenvalue weighted by atomic mass is 9.81. The van der Waals surface area contributed by atoms with E-state index < -0.39 is 17.0 Å². The molecule has 0 unspecified atom stereocenters. The summed E-state index contributed by atoms with van der Waals surface area (Å²) in [5, 5.41) is 15.4. The highest BCUT2D eigenvalue weighted by Gasteiger charge is 2.44. The van der Waals surface area contributed by atoms with E-state index in [4.69, 9.17) is 13.6 Å². The van der Waals surface area contributed by atoms with E-state index in [1.165, 1.54) is 19.6 Å². The lowest BCUT2D eigenvalue weighted by Crippen LogP contribution is -2.58. The molecule has 0 bridgehead atoms. The van der Waals surface area contributed by atoms with Gasteiger partial charge in [0, 0.05) is 38.0 Å². The summed E-state index contributed by atoms with van der Waals surface area (Å²) in [5.74, 6) is -1.74. The quantitative estimate of drug-likeness (QED) is 0.336. The molecule has 0 aromatic carbocycles. The van der Waals surface area contributed by atoms with Crippen molar-refractivity contribution in [1.29, 1.82) is 0 Å². The summed E-state index contributed by atoms with van der Waals surface area (Å²) in [4.78, 5) is 77.2. The zero-order valence-electron chi connectivity index (χ0n) is 29.4. The van der Waals surface area contributed by atoms with Gasteiger partial charge in [-0.05, 0) is 75.6 Å². The maximum atomic E-state index is 12.8. The second-order valence-corrected chi connectivity index (χ2v) is 14.1. The van der Waals surface area contributed by atoms with Crippen LogP contribution in [0.2, 0.25) is 0 Å². The molecular weight excluding hydrogens is 660 g/mol. The second-order valence-electron chi connectivity index (χ2n) is 14.1. The van der Waals surface area contributed by atoms with Crippen LogP contribution < -0.4 is 10.6 Å². The topological polar surface area (TPSA) is 189 Å². The molecule has 6 rings (SSSR count). The van der Waals surface area contributed by atoms with Gasteiger partial charge in [-0.2, -0.15) is 0 Å². The zero-order valence-corrected chi connectivity index (χ0v) is 29.4. The molecule has 14 nitrogen and oxygen atoms in total. The van der Waals surface area contributed by atoms with Gasteiger partial charge in [-0.25, -0.2) is 9.59 Å². The van der Waals surface area contributed by atoms with Gasteiger partial charge in [0.25, 0.3) is 11.8 Å². The van der Waals surface area contributed by atoms with Gasteiger partial charge >= 0.3 is 11.9 Å². The molecular formula is C37H50N4O10. The van der Waals surface area contributed by atoms with Crippen LogP contribution in [0.4, 0.5) is 0 Å². The Hall–Kier alpha value is -4.62. The average molecular weight is 711 g/mol. The lowest BCUT2D eigenvalue weighted by molar-refractivity contribution is -0.153. The second kappa shape index (κ2) is 17.1. The SMILES string of the molecule is COC(=O)C1(NC(=O)C2CCN(C(=O)c3ccco3)CC2)CCCCC1.O=C(NC1(C(=O)O)CCCCC1)C1CCN(C(=O)c2ccco2)CC1. The van der Waals surface area contributed by atoms with Gasteiger partial charge in [-0.15, -0.1) is 0 Å². The maximum absolute atomic E-state index is 12.8. The van der Waals surface area contributed by atoms with Crippen LogP contribution in [0, 0.1) is 11.8 Å². The molecule has 2 aliphatic carbocycles. The lowest BCUT2D eigenvalue weighted by Gasteiger charge is -2.37. The Balaban J connectivity index is 0.000000198. The van der Waals surface area contributed by atoms with Crippen molar-refractivity contribution in [2.75, 3.05) is 33.3 Å². The number of carboxylic acid groups (broad SMARTS) is 1. The average Bonchev–Trinajstić information content (AvgIpc) is 3.91. The van der Waals surface area contributed by atoms with E-state index in [0.717, 1.165) is 38.5 Å². The van der Waals surface area contributed by atoms with E-state index in [2.05, 4.69) is 10.6 Å². The summed E-state index contributed by atoms with van der Waals surface area (Å²) < 4.78 is 15.2. The summed E-state index contributed by atoms with van der Waals surface area (Å²) in [7, 11) is 1.36. The number of rotatable bonds is 8. The van der Waals surface area contributed by atoms with Crippen molar-refractivity contribution in [2.45, 2.75) is 101 Å². The van der Waals surface area contributed by atoms with Crippen LogP contribution >= 0.6 is 0 Å². The van der Waals surface area contributed by atoms with Gasteiger partial charge in [-0.1, -0.05) is 38.5 Å². The van der Waals surface area contributed by atoms with Crippen molar-refractivity contribution in [1.82, 2.24) is 20.4 Å². The van der Waals surface area contributed by atoms with Crippen LogP contribution in [0.25, 0.3) is 0 Å². The maximum Gasteiger partial charge on any atom is 0.331 e. The molecule has 4 aliphatic rings. The molecule has 14 heteroatoms. The first-order valence-electron chi connectivity index (χ1n) is 18.2. The Morgan fingerprint density at radius 1 is 0.667 bits per heavy atom. The first-order chi connectivity index (χ1) is 24.6. The molecule has 2 aromatic heterocycles. The van der Waals surface area contributed by atoms with Crippen LogP contribution in [0.5, 0.6) is 0 Å². The van der Waals surface area contributed by atoms with Crippen molar-refractivity contribution in [3.63, 3.8) is 0 Å². The third-order valence-electron chi connectivity index (χ3n) is 10.9. The number of furan rings is 2. The van der Waals surface area contributed by atoms with E-state index in [0.29, 0.717) is 89.1 Å². The van der Waals surface area contributed by atoms with Crippen molar-refractivity contribution in [3.05, 3.63) is 48.3 Å². The summed E-state index contributed by atoms with van der Waals surface area (Å²) in [6, 6.07) is 6.62. The number of hydrogen-bond acceptors (Lipinski definition) is 9. The normalized spacial score (nSPS) is 20.6. The number of piperidine rings is 2. The molecule has 2 saturated heterocycles. The Kier molecular flexibility index (Phi) is 12.6. The van der Waals surface area contributed by atoms with Crippen LogP contribution in [-0.2, 0) is 23.9 Å². The number of amides is 4. The highest BCUT2D eigenvalue weighted by Crippen LogP contribution is 2.32. The smallest absolute Gasteiger partial charge is 0.331 e. The van der Waals surface area contributed by atoms with E-state index in [1.807, 2.05) is 0 Å². The third kappa shape index (κ3) is 9.01. The molecule has 4 fully saturated rings. The Morgan fingerprint density at radius 3 is 1.41 bits per heavy atom. The standard InChI is InChI=1S/C19H26N2O5.C18H24N2O5/c1-25-18(24)19(9-3-2-4-10-19)20-16(22)14-7-11-21(12-8-14)17(23)15-6-5-13-26-15;21-15(19-18(17(23)24)8-2-1-3-9-18)13-6-10-20(11-7-13)16(22)14-5-4-12-25-14/h5-6,13-14H,2-4,7-12H2,1H3,(H,20,22);4-5,12-13H,1-3,6-11H2,(H,19,21)(H,23,24). The molecule has 2 saturated carbocycles.